The summed E-state index contributed by atoms with van der Waals surface area (Å²) in [4.78, 5) is 19.0. The number of rotatable bonds is 3. The van der Waals surface area contributed by atoms with Crippen molar-refractivity contribution >= 4 is 29.0 Å². The van der Waals surface area contributed by atoms with Crippen molar-refractivity contribution in [3.8, 4) is 0 Å². The lowest BCUT2D eigenvalue weighted by molar-refractivity contribution is 0.0746. The van der Waals surface area contributed by atoms with Crippen molar-refractivity contribution < 1.29 is 9.53 Å². The molecular weight excluding hydrogens is 366 g/mol. The molecule has 2 aliphatic heterocycles. The molecule has 0 unspecified atom stereocenters. The van der Waals surface area contributed by atoms with Gasteiger partial charge in [0.2, 0.25) is 0 Å². The van der Waals surface area contributed by atoms with Crippen LogP contribution in [0.25, 0.3) is 0 Å². The highest BCUT2D eigenvalue weighted by atomic mass is 35.5. The van der Waals surface area contributed by atoms with Crippen molar-refractivity contribution in [2.45, 2.75) is 0 Å². The van der Waals surface area contributed by atoms with E-state index >= 15 is 0 Å². The van der Waals surface area contributed by atoms with Crippen LogP contribution in [0.15, 0.2) is 36.5 Å². The average molecular weight is 388 g/mol. The summed E-state index contributed by atoms with van der Waals surface area (Å²) in [5.74, 6) is 0.874. The van der Waals surface area contributed by atoms with Crippen LogP contribution in [0.1, 0.15) is 10.4 Å². The zero-order valence-electron chi connectivity index (χ0n) is 15.1. The monoisotopic (exact) mass is 387 g/mol. The highest BCUT2D eigenvalue weighted by Gasteiger charge is 2.24. The Morgan fingerprint density at radius 2 is 1.78 bits per heavy atom. The second-order valence-corrected chi connectivity index (χ2v) is 7.10. The van der Waals surface area contributed by atoms with Crippen LogP contribution < -0.4 is 9.80 Å². The highest BCUT2D eigenvalue weighted by Crippen LogP contribution is 2.21. The summed E-state index contributed by atoms with van der Waals surface area (Å²) in [5.41, 5.74) is 1.70. The Labute approximate surface area is 163 Å². The van der Waals surface area contributed by atoms with Crippen LogP contribution in [0.3, 0.4) is 0 Å². The Morgan fingerprint density at radius 1 is 1.00 bits per heavy atom. The van der Waals surface area contributed by atoms with Crippen molar-refractivity contribution in [3.05, 3.63) is 47.1 Å². The first-order valence-electron chi connectivity index (χ1n) is 9.16. The first kappa shape index (κ1) is 18.0. The zero-order chi connectivity index (χ0) is 18.6. The molecule has 2 fully saturated rings. The summed E-state index contributed by atoms with van der Waals surface area (Å²) in [5, 5.41) is 9.05. The van der Waals surface area contributed by atoms with E-state index in [-0.39, 0.29) is 5.91 Å². The van der Waals surface area contributed by atoms with E-state index in [0.717, 1.165) is 50.9 Å². The van der Waals surface area contributed by atoms with Crippen LogP contribution in [0.2, 0.25) is 5.02 Å². The topological polar surface area (TPSA) is 61.8 Å². The summed E-state index contributed by atoms with van der Waals surface area (Å²) in [7, 11) is 0. The fourth-order valence-electron chi connectivity index (χ4n) is 3.44. The molecule has 27 heavy (non-hydrogen) atoms. The van der Waals surface area contributed by atoms with Crippen molar-refractivity contribution in [1.82, 2.24) is 15.1 Å². The lowest BCUT2D eigenvalue weighted by Gasteiger charge is -2.36. The van der Waals surface area contributed by atoms with E-state index in [1.165, 1.54) is 0 Å². The van der Waals surface area contributed by atoms with Crippen LogP contribution in [-0.2, 0) is 4.74 Å². The molecule has 2 saturated heterocycles. The number of piperazine rings is 1. The summed E-state index contributed by atoms with van der Waals surface area (Å²) in [6.45, 7) is 5.97. The van der Waals surface area contributed by atoms with Crippen molar-refractivity contribution in [1.29, 1.82) is 0 Å². The Morgan fingerprint density at radius 3 is 2.52 bits per heavy atom. The maximum atomic E-state index is 12.7. The molecule has 142 valence electrons. The van der Waals surface area contributed by atoms with E-state index in [1.54, 1.807) is 30.5 Å². The van der Waals surface area contributed by atoms with Gasteiger partial charge >= 0.3 is 0 Å². The van der Waals surface area contributed by atoms with Crippen LogP contribution in [-0.4, -0.2) is 73.5 Å². The van der Waals surface area contributed by atoms with Gasteiger partial charge in [0.15, 0.2) is 5.82 Å². The van der Waals surface area contributed by atoms with E-state index < -0.39 is 0 Å². The maximum absolute atomic E-state index is 12.7. The number of ether oxygens (including phenoxy) is 1. The number of morpholine rings is 1. The Balaban J connectivity index is 1.40. The Hall–Kier alpha value is -2.38. The molecule has 2 aromatic rings. The van der Waals surface area contributed by atoms with Gasteiger partial charge in [0.25, 0.3) is 5.91 Å². The first-order chi connectivity index (χ1) is 13.2. The van der Waals surface area contributed by atoms with E-state index in [4.69, 9.17) is 16.3 Å². The normalized spacial score (nSPS) is 17.9. The largest absolute Gasteiger partial charge is 0.378 e. The van der Waals surface area contributed by atoms with Gasteiger partial charge in [0, 0.05) is 55.9 Å². The molecule has 2 aliphatic rings. The van der Waals surface area contributed by atoms with Gasteiger partial charge in [-0.2, -0.15) is 5.10 Å². The molecule has 0 spiro atoms. The molecule has 7 nitrogen and oxygen atoms in total. The number of carbonyl (C=O) groups excluding carboxylic acids is 1. The van der Waals surface area contributed by atoms with E-state index in [1.807, 2.05) is 4.90 Å². The number of amides is 1. The van der Waals surface area contributed by atoms with Gasteiger partial charge < -0.3 is 19.4 Å². The fraction of sp³-hybridized carbons (Fsp3) is 0.421. The molecule has 4 rings (SSSR count). The van der Waals surface area contributed by atoms with Gasteiger partial charge in [-0.3, -0.25) is 4.79 Å². The Kier molecular flexibility index (Phi) is 5.40. The van der Waals surface area contributed by atoms with Crippen LogP contribution >= 0.6 is 11.6 Å². The summed E-state index contributed by atoms with van der Waals surface area (Å²) in [6, 6.07) is 9.17. The molecule has 8 heteroatoms. The molecule has 3 heterocycles. The predicted molar refractivity (Wildman–Crippen MR) is 105 cm³/mol. The average Bonchev–Trinajstić information content (AvgIpc) is 2.74. The fourth-order valence-corrected chi connectivity index (χ4v) is 3.63. The van der Waals surface area contributed by atoms with Gasteiger partial charge in [0.1, 0.15) is 0 Å². The minimum absolute atomic E-state index is 0.0188. The zero-order valence-corrected chi connectivity index (χ0v) is 15.8. The summed E-state index contributed by atoms with van der Waals surface area (Å²) >= 11 is 6.00. The third-order valence-electron chi connectivity index (χ3n) is 4.97. The van der Waals surface area contributed by atoms with Gasteiger partial charge in [0.05, 0.1) is 25.1 Å². The van der Waals surface area contributed by atoms with Gasteiger partial charge in [-0.1, -0.05) is 17.7 Å². The summed E-state index contributed by atoms with van der Waals surface area (Å²) < 4.78 is 5.41. The summed E-state index contributed by atoms with van der Waals surface area (Å²) in [6.07, 6.45) is 1.80. The van der Waals surface area contributed by atoms with Crippen molar-refractivity contribution in [2.24, 2.45) is 0 Å². The number of anilines is 2. The molecule has 1 amide bonds. The highest BCUT2D eigenvalue weighted by molar-refractivity contribution is 6.30. The molecular formula is C19H22ClN5O2. The smallest absolute Gasteiger partial charge is 0.254 e. The number of hydrogen-bond donors (Lipinski definition) is 0. The SMILES string of the molecule is O=C(c1cccc(Cl)c1)N1CCN(c2cc(N3CCOCC3)cnn2)CC1. The number of benzene rings is 1. The van der Waals surface area contributed by atoms with Crippen LogP contribution in [0.4, 0.5) is 11.5 Å². The number of hydrogen-bond acceptors (Lipinski definition) is 6. The van der Waals surface area contributed by atoms with E-state index in [9.17, 15) is 4.79 Å². The standard InChI is InChI=1S/C19H22ClN5O2/c20-16-3-1-2-15(12-16)19(26)25-6-4-24(5-7-25)18-13-17(14-21-22-18)23-8-10-27-11-9-23/h1-3,12-14H,4-11H2. The number of carbonyl (C=O) groups is 1. The second kappa shape index (κ2) is 8.10. The molecule has 0 aliphatic carbocycles. The number of aromatic nitrogens is 2. The van der Waals surface area contributed by atoms with Crippen molar-refractivity contribution in [3.63, 3.8) is 0 Å². The molecule has 0 radical (unpaired) electrons. The number of halogens is 1. The van der Waals surface area contributed by atoms with Crippen molar-refractivity contribution in [2.75, 3.05) is 62.3 Å². The third kappa shape index (κ3) is 4.14. The van der Waals surface area contributed by atoms with E-state index in [2.05, 4.69) is 26.1 Å². The molecule has 0 atom stereocenters. The minimum Gasteiger partial charge on any atom is -0.378 e. The maximum Gasteiger partial charge on any atom is 0.254 e. The number of nitrogens with zero attached hydrogens (tertiary/aromatic N) is 5. The van der Waals surface area contributed by atoms with Gasteiger partial charge in [-0.15, -0.1) is 5.10 Å². The molecule has 0 N–H and O–H groups in total. The van der Waals surface area contributed by atoms with Gasteiger partial charge in [-0.05, 0) is 18.2 Å². The lowest BCUT2D eigenvalue weighted by Crippen LogP contribution is -2.49. The quantitative estimate of drug-likeness (QED) is 0.802. The Bertz CT molecular complexity index is 804. The predicted octanol–water partition coefficient (Wildman–Crippen LogP) is 1.93. The second-order valence-electron chi connectivity index (χ2n) is 6.66. The molecule has 0 saturated carbocycles. The third-order valence-corrected chi connectivity index (χ3v) is 5.20. The molecule has 1 aromatic heterocycles. The molecule has 0 bridgehead atoms. The minimum atomic E-state index is 0.0188. The van der Waals surface area contributed by atoms with Crippen LogP contribution in [0, 0.1) is 0 Å². The van der Waals surface area contributed by atoms with Crippen LogP contribution in [0.5, 0.6) is 0 Å². The first-order valence-corrected chi connectivity index (χ1v) is 9.54. The van der Waals surface area contributed by atoms with E-state index in [0.29, 0.717) is 23.7 Å². The van der Waals surface area contributed by atoms with Gasteiger partial charge in [-0.25, -0.2) is 0 Å². The molecule has 1 aromatic carbocycles. The lowest BCUT2D eigenvalue weighted by atomic mass is 10.2.